The van der Waals surface area contributed by atoms with E-state index in [-0.39, 0.29) is 11.2 Å². The SMILES string of the molecule is COc1ccccc1N1CCN(CCCCn2c(=O)[nH]c3cc4c(cc3c2=O)OOCCC4)CC1. The zero-order valence-corrected chi connectivity index (χ0v) is 20.1. The Balaban J connectivity index is 1.17. The molecule has 1 aromatic heterocycles. The maximum absolute atomic E-state index is 13.1. The lowest BCUT2D eigenvalue weighted by molar-refractivity contribution is -0.203. The zero-order chi connectivity index (χ0) is 24.2. The molecule has 3 heterocycles. The number of fused-ring (bicyclic) bond motifs is 2. The molecule has 3 aromatic rings. The number of anilines is 1. The first-order valence-electron chi connectivity index (χ1n) is 12.3. The van der Waals surface area contributed by atoms with Crippen LogP contribution in [0.25, 0.3) is 10.9 Å². The molecule has 2 aromatic carbocycles. The maximum atomic E-state index is 13.1. The minimum Gasteiger partial charge on any atom is -0.495 e. The van der Waals surface area contributed by atoms with Gasteiger partial charge in [0.15, 0.2) is 5.75 Å². The van der Waals surface area contributed by atoms with Crippen LogP contribution in [0.15, 0.2) is 46.0 Å². The average Bonchev–Trinajstić information content (AvgIpc) is 3.12. The second-order valence-corrected chi connectivity index (χ2v) is 9.11. The van der Waals surface area contributed by atoms with E-state index in [9.17, 15) is 9.59 Å². The molecule has 0 spiro atoms. The van der Waals surface area contributed by atoms with Crippen LogP contribution >= 0.6 is 0 Å². The van der Waals surface area contributed by atoms with Crippen LogP contribution in [0.1, 0.15) is 24.8 Å². The van der Waals surface area contributed by atoms with Crippen molar-refractivity contribution in [3.8, 4) is 11.5 Å². The van der Waals surface area contributed by atoms with Crippen molar-refractivity contribution >= 4 is 16.6 Å². The summed E-state index contributed by atoms with van der Waals surface area (Å²) in [4.78, 5) is 43.9. The van der Waals surface area contributed by atoms with Crippen molar-refractivity contribution in [1.82, 2.24) is 14.5 Å². The smallest absolute Gasteiger partial charge is 0.328 e. The van der Waals surface area contributed by atoms with E-state index in [1.807, 2.05) is 24.3 Å². The molecule has 2 aliphatic heterocycles. The van der Waals surface area contributed by atoms with Crippen molar-refractivity contribution in [2.45, 2.75) is 32.2 Å². The van der Waals surface area contributed by atoms with Crippen LogP contribution < -0.4 is 25.8 Å². The van der Waals surface area contributed by atoms with Gasteiger partial charge in [0.05, 0.1) is 30.3 Å². The van der Waals surface area contributed by atoms with Crippen LogP contribution in [0.5, 0.6) is 11.5 Å². The fourth-order valence-electron chi connectivity index (χ4n) is 4.94. The molecule has 0 unspecified atom stereocenters. The minimum absolute atomic E-state index is 0.287. The number of H-pyrrole nitrogens is 1. The van der Waals surface area contributed by atoms with Gasteiger partial charge in [0.25, 0.3) is 5.56 Å². The van der Waals surface area contributed by atoms with Crippen molar-refractivity contribution in [3.63, 3.8) is 0 Å². The van der Waals surface area contributed by atoms with Gasteiger partial charge in [0, 0.05) is 38.3 Å². The first kappa shape index (κ1) is 23.4. The van der Waals surface area contributed by atoms with Gasteiger partial charge < -0.3 is 19.5 Å². The summed E-state index contributed by atoms with van der Waals surface area (Å²) in [5, 5.41) is 0.446. The lowest BCUT2D eigenvalue weighted by atomic mass is 10.1. The molecule has 186 valence electrons. The number of nitrogens with one attached hydrogen (secondary N) is 1. The average molecular weight is 481 g/mol. The number of para-hydroxylation sites is 2. The third kappa shape index (κ3) is 5.06. The van der Waals surface area contributed by atoms with Gasteiger partial charge in [-0.15, -0.1) is 0 Å². The molecule has 9 heteroatoms. The zero-order valence-electron chi connectivity index (χ0n) is 20.1. The van der Waals surface area contributed by atoms with Crippen molar-refractivity contribution in [2.24, 2.45) is 0 Å². The van der Waals surface area contributed by atoms with Crippen LogP contribution in [0.4, 0.5) is 5.69 Å². The molecule has 0 radical (unpaired) electrons. The highest BCUT2D eigenvalue weighted by atomic mass is 17.2. The molecule has 2 aliphatic rings. The summed E-state index contributed by atoms with van der Waals surface area (Å²) in [5.41, 5.74) is 1.98. The van der Waals surface area contributed by atoms with Crippen molar-refractivity contribution in [2.75, 3.05) is 51.3 Å². The molecule has 0 bridgehead atoms. The van der Waals surface area contributed by atoms with Gasteiger partial charge >= 0.3 is 5.69 Å². The summed E-state index contributed by atoms with van der Waals surface area (Å²) >= 11 is 0. The normalized spacial score (nSPS) is 16.5. The van der Waals surface area contributed by atoms with Crippen molar-refractivity contribution < 1.29 is 14.5 Å². The summed E-state index contributed by atoms with van der Waals surface area (Å²) < 4.78 is 6.80. The monoisotopic (exact) mass is 480 g/mol. The van der Waals surface area contributed by atoms with Crippen LogP contribution in [-0.4, -0.2) is 60.9 Å². The van der Waals surface area contributed by atoms with E-state index in [1.165, 1.54) is 4.57 Å². The standard InChI is InChI=1S/C26H32N4O5/c1-33-23-9-3-2-8-22(23)29-14-12-28(13-15-29)10-4-5-11-30-25(31)20-18-24-19(7-6-16-34-35-24)17-21(20)27-26(30)32/h2-3,8-9,17-18H,4-7,10-16H2,1H3,(H,27,32). The van der Waals surface area contributed by atoms with Gasteiger partial charge in [-0.05, 0) is 56.5 Å². The van der Waals surface area contributed by atoms with E-state index in [2.05, 4.69) is 20.9 Å². The van der Waals surface area contributed by atoms with Gasteiger partial charge in [-0.3, -0.25) is 14.3 Å². The molecule has 0 aliphatic carbocycles. The Morgan fingerprint density at radius 2 is 1.83 bits per heavy atom. The number of nitrogens with zero attached hydrogens (tertiary/aromatic N) is 3. The Morgan fingerprint density at radius 3 is 2.66 bits per heavy atom. The molecule has 0 saturated carbocycles. The Labute approximate surface area is 203 Å². The second-order valence-electron chi connectivity index (χ2n) is 9.11. The number of methoxy groups -OCH3 is 1. The lowest BCUT2D eigenvalue weighted by Crippen LogP contribution is -2.46. The molecule has 0 amide bonds. The molecule has 1 fully saturated rings. The third-order valence-electron chi connectivity index (χ3n) is 6.89. The summed E-state index contributed by atoms with van der Waals surface area (Å²) in [7, 11) is 1.71. The summed E-state index contributed by atoms with van der Waals surface area (Å²) in [6.45, 7) is 5.67. The van der Waals surface area contributed by atoms with Gasteiger partial charge in [0.2, 0.25) is 0 Å². The van der Waals surface area contributed by atoms with E-state index in [0.29, 0.717) is 29.8 Å². The van der Waals surface area contributed by atoms with Gasteiger partial charge in [-0.2, -0.15) is 4.89 Å². The molecular weight excluding hydrogens is 448 g/mol. The number of hydrogen-bond donors (Lipinski definition) is 1. The number of unbranched alkanes of at least 4 members (excludes halogenated alkanes) is 1. The quantitative estimate of drug-likeness (QED) is 0.411. The number of piperazine rings is 1. The summed E-state index contributed by atoms with van der Waals surface area (Å²) in [5.74, 6) is 1.46. The number of benzene rings is 2. The predicted octanol–water partition coefficient (Wildman–Crippen LogP) is 2.56. The molecule has 5 rings (SSSR count). The Morgan fingerprint density at radius 1 is 1.03 bits per heavy atom. The fraction of sp³-hybridized carbons (Fsp3) is 0.462. The Kier molecular flexibility index (Phi) is 7.06. The molecule has 0 atom stereocenters. The largest absolute Gasteiger partial charge is 0.495 e. The predicted molar refractivity (Wildman–Crippen MR) is 135 cm³/mol. The molecule has 1 saturated heterocycles. The first-order chi connectivity index (χ1) is 17.1. The number of ether oxygens (including phenoxy) is 1. The maximum Gasteiger partial charge on any atom is 0.328 e. The molecule has 35 heavy (non-hydrogen) atoms. The lowest BCUT2D eigenvalue weighted by Gasteiger charge is -2.36. The molecule has 9 nitrogen and oxygen atoms in total. The topological polar surface area (TPSA) is 89.0 Å². The number of rotatable bonds is 7. The van der Waals surface area contributed by atoms with Gasteiger partial charge in [0.1, 0.15) is 5.75 Å². The summed E-state index contributed by atoms with van der Waals surface area (Å²) in [6.07, 6.45) is 3.28. The van der Waals surface area contributed by atoms with E-state index < -0.39 is 0 Å². The highest BCUT2D eigenvalue weighted by molar-refractivity contribution is 5.80. The van der Waals surface area contributed by atoms with Crippen LogP contribution in [0.3, 0.4) is 0 Å². The first-order valence-corrected chi connectivity index (χ1v) is 12.3. The van der Waals surface area contributed by atoms with E-state index in [4.69, 9.17) is 14.5 Å². The van der Waals surface area contributed by atoms with Crippen molar-refractivity contribution in [3.05, 3.63) is 62.8 Å². The van der Waals surface area contributed by atoms with Crippen LogP contribution in [-0.2, 0) is 17.9 Å². The Hall–Kier alpha value is -3.30. The Bertz CT molecular complexity index is 1290. The van der Waals surface area contributed by atoms with Crippen LogP contribution in [0, 0.1) is 0 Å². The van der Waals surface area contributed by atoms with E-state index in [0.717, 1.165) is 75.4 Å². The molecule has 1 N–H and O–H groups in total. The van der Waals surface area contributed by atoms with Gasteiger partial charge in [-0.25, -0.2) is 4.79 Å². The third-order valence-corrected chi connectivity index (χ3v) is 6.89. The second kappa shape index (κ2) is 10.5. The fourth-order valence-corrected chi connectivity index (χ4v) is 4.94. The molecular formula is C26H32N4O5. The highest BCUT2D eigenvalue weighted by Crippen LogP contribution is 2.28. The van der Waals surface area contributed by atoms with E-state index in [1.54, 1.807) is 13.2 Å². The summed E-state index contributed by atoms with van der Waals surface area (Å²) in [6, 6.07) is 11.6. The number of aromatic nitrogens is 2. The van der Waals surface area contributed by atoms with Crippen LogP contribution in [0.2, 0.25) is 0 Å². The number of aryl methyl sites for hydroxylation is 1. The number of aromatic amines is 1. The highest BCUT2D eigenvalue weighted by Gasteiger charge is 2.19. The number of hydrogen-bond acceptors (Lipinski definition) is 7. The minimum atomic E-state index is -0.362. The van der Waals surface area contributed by atoms with E-state index >= 15 is 0 Å². The van der Waals surface area contributed by atoms with Crippen molar-refractivity contribution in [1.29, 1.82) is 0 Å². The van der Waals surface area contributed by atoms with Gasteiger partial charge in [-0.1, -0.05) is 12.1 Å².